The van der Waals surface area contributed by atoms with Crippen molar-refractivity contribution < 1.29 is 23.5 Å². The van der Waals surface area contributed by atoms with E-state index in [1.807, 2.05) is 0 Å². The lowest BCUT2D eigenvalue weighted by Crippen LogP contribution is -2.47. The van der Waals surface area contributed by atoms with Gasteiger partial charge in [0.25, 0.3) is 5.91 Å². The maximum atomic E-state index is 12.8. The van der Waals surface area contributed by atoms with E-state index in [9.17, 15) is 18.8 Å². The third-order valence-electron chi connectivity index (χ3n) is 3.50. The van der Waals surface area contributed by atoms with Gasteiger partial charge in [-0.3, -0.25) is 25.2 Å². The minimum Gasteiger partial charge on any atom is -0.481 e. The molecule has 0 fully saturated rings. The highest BCUT2D eigenvalue weighted by molar-refractivity contribution is 5.98. The first kappa shape index (κ1) is 19.1. The molecule has 0 spiro atoms. The van der Waals surface area contributed by atoms with Crippen molar-refractivity contribution in [3.63, 3.8) is 0 Å². The number of hydrogen-bond donors (Lipinski definition) is 2. The molecule has 0 aliphatic carbocycles. The molecule has 0 aromatic heterocycles. The zero-order chi connectivity index (χ0) is 18.9. The van der Waals surface area contributed by atoms with Crippen molar-refractivity contribution in [2.75, 3.05) is 0 Å². The van der Waals surface area contributed by atoms with Crippen LogP contribution in [0.2, 0.25) is 0 Å². The summed E-state index contributed by atoms with van der Waals surface area (Å²) in [7, 11) is 0. The first-order valence-corrected chi connectivity index (χ1v) is 8.05. The number of hydrogen-bond acceptors (Lipinski definition) is 4. The number of hydrazine groups is 1. The molecular weight excluding hydrogens is 339 g/mol. The van der Waals surface area contributed by atoms with E-state index in [0.717, 1.165) is 0 Å². The van der Waals surface area contributed by atoms with Crippen molar-refractivity contribution >= 4 is 17.6 Å². The van der Waals surface area contributed by atoms with Crippen LogP contribution in [0.1, 0.15) is 30.1 Å². The average molecular weight is 358 g/mol. The molecule has 0 heterocycles. The summed E-state index contributed by atoms with van der Waals surface area (Å²) in [4.78, 5) is 35.5. The van der Waals surface area contributed by atoms with Gasteiger partial charge in [0, 0.05) is 18.4 Å². The number of benzene rings is 2. The highest BCUT2D eigenvalue weighted by Gasteiger charge is 2.16. The SMILES string of the molecule is C[C@@H](Oc1ccc(F)cc1)C(=O)NNC(=O)CCC(=O)c1ccccc1. The van der Waals surface area contributed by atoms with Gasteiger partial charge in [-0.05, 0) is 31.2 Å². The van der Waals surface area contributed by atoms with Gasteiger partial charge >= 0.3 is 0 Å². The molecule has 6 nitrogen and oxygen atoms in total. The number of Topliss-reactive ketones (excluding diaryl/α,β-unsaturated/α-hetero) is 1. The number of ether oxygens (including phenoxy) is 1. The molecule has 1 atom stereocenters. The molecule has 7 heteroatoms. The Morgan fingerprint density at radius 3 is 2.27 bits per heavy atom. The van der Waals surface area contributed by atoms with E-state index in [1.165, 1.54) is 31.2 Å². The van der Waals surface area contributed by atoms with Gasteiger partial charge in [-0.1, -0.05) is 30.3 Å². The van der Waals surface area contributed by atoms with Crippen LogP contribution in [0.4, 0.5) is 4.39 Å². The van der Waals surface area contributed by atoms with Crippen LogP contribution >= 0.6 is 0 Å². The fraction of sp³-hybridized carbons (Fsp3) is 0.211. The molecule has 0 saturated heterocycles. The van der Waals surface area contributed by atoms with Gasteiger partial charge in [0.1, 0.15) is 11.6 Å². The van der Waals surface area contributed by atoms with E-state index >= 15 is 0 Å². The molecule has 0 aliphatic rings. The molecule has 0 aliphatic heterocycles. The second-order valence-electron chi connectivity index (χ2n) is 5.54. The Balaban J connectivity index is 1.71. The van der Waals surface area contributed by atoms with E-state index in [4.69, 9.17) is 4.74 Å². The zero-order valence-corrected chi connectivity index (χ0v) is 14.2. The van der Waals surface area contributed by atoms with Crippen LogP contribution in [-0.2, 0) is 9.59 Å². The summed E-state index contributed by atoms with van der Waals surface area (Å²) < 4.78 is 18.2. The van der Waals surface area contributed by atoms with Crippen LogP contribution in [0.3, 0.4) is 0 Å². The molecule has 2 rings (SSSR count). The number of amides is 2. The van der Waals surface area contributed by atoms with Crippen LogP contribution in [0.25, 0.3) is 0 Å². The third-order valence-corrected chi connectivity index (χ3v) is 3.50. The number of nitrogens with one attached hydrogen (secondary N) is 2. The van der Waals surface area contributed by atoms with Crippen molar-refractivity contribution in [1.29, 1.82) is 0 Å². The van der Waals surface area contributed by atoms with Crippen LogP contribution in [0, 0.1) is 5.82 Å². The van der Waals surface area contributed by atoms with Gasteiger partial charge in [0.15, 0.2) is 11.9 Å². The quantitative estimate of drug-likeness (QED) is 0.588. The number of carbonyl (C=O) groups is 3. The Labute approximate surface area is 150 Å². The molecule has 0 saturated carbocycles. The Morgan fingerprint density at radius 2 is 1.62 bits per heavy atom. The van der Waals surface area contributed by atoms with E-state index in [-0.39, 0.29) is 18.6 Å². The number of carbonyl (C=O) groups excluding carboxylic acids is 3. The van der Waals surface area contributed by atoms with Crippen LogP contribution < -0.4 is 15.6 Å². The van der Waals surface area contributed by atoms with Gasteiger partial charge in [-0.15, -0.1) is 0 Å². The Bertz CT molecular complexity index is 763. The average Bonchev–Trinajstić information content (AvgIpc) is 2.66. The lowest BCUT2D eigenvalue weighted by Gasteiger charge is -2.15. The maximum absolute atomic E-state index is 12.8. The molecule has 0 radical (unpaired) electrons. The molecule has 0 unspecified atom stereocenters. The van der Waals surface area contributed by atoms with Crippen molar-refractivity contribution in [2.24, 2.45) is 0 Å². The monoisotopic (exact) mass is 358 g/mol. The van der Waals surface area contributed by atoms with E-state index in [0.29, 0.717) is 11.3 Å². The van der Waals surface area contributed by atoms with Gasteiger partial charge < -0.3 is 4.74 Å². The highest BCUT2D eigenvalue weighted by Crippen LogP contribution is 2.12. The molecule has 136 valence electrons. The van der Waals surface area contributed by atoms with Gasteiger partial charge in [0.2, 0.25) is 5.91 Å². The molecule has 2 aromatic carbocycles. The third kappa shape index (κ3) is 6.01. The van der Waals surface area contributed by atoms with Gasteiger partial charge in [0.05, 0.1) is 0 Å². The number of rotatable bonds is 7. The minimum absolute atomic E-state index is 0.0351. The number of halogens is 1. The summed E-state index contributed by atoms with van der Waals surface area (Å²) in [5.41, 5.74) is 5.00. The highest BCUT2D eigenvalue weighted by atomic mass is 19.1. The lowest BCUT2D eigenvalue weighted by atomic mass is 10.1. The van der Waals surface area contributed by atoms with Crippen LogP contribution in [0.15, 0.2) is 54.6 Å². The largest absolute Gasteiger partial charge is 0.481 e. The second-order valence-corrected chi connectivity index (χ2v) is 5.54. The standard InChI is InChI=1S/C19H19FN2O4/c1-13(26-16-9-7-15(20)8-10-16)19(25)22-21-18(24)12-11-17(23)14-5-3-2-4-6-14/h2-10,13H,11-12H2,1H3,(H,21,24)(H,22,25)/t13-/m1/s1. The van der Waals surface area contributed by atoms with Crippen molar-refractivity contribution in [2.45, 2.75) is 25.9 Å². The molecule has 2 aromatic rings. The summed E-state index contributed by atoms with van der Waals surface area (Å²) >= 11 is 0. The minimum atomic E-state index is -0.897. The lowest BCUT2D eigenvalue weighted by molar-refractivity contribution is -0.132. The summed E-state index contributed by atoms with van der Waals surface area (Å²) in [5.74, 6) is -1.30. The summed E-state index contributed by atoms with van der Waals surface area (Å²) in [6.45, 7) is 1.49. The molecule has 26 heavy (non-hydrogen) atoms. The normalized spacial score (nSPS) is 11.3. The smallest absolute Gasteiger partial charge is 0.279 e. The van der Waals surface area contributed by atoms with Gasteiger partial charge in [-0.25, -0.2) is 4.39 Å². The van der Waals surface area contributed by atoms with E-state index in [2.05, 4.69) is 10.9 Å². The van der Waals surface area contributed by atoms with Crippen molar-refractivity contribution in [3.8, 4) is 5.75 Å². The summed E-state index contributed by atoms with van der Waals surface area (Å²) in [6.07, 6.45) is -0.916. The van der Waals surface area contributed by atoms with Crippen LogP contribution in [0.5, 0.6) is 5.75 Å². The molecule has 0 bridgehead atoms. The Kier molecular flexibility index (Phi) is 6.84. The Morgan fingerprint density at radius 1 is 0.962 bits per heavy atom. The first-order valence-electron chi connectivity index (χ1n) is 8.05. The predicted molar refractivity (Wildman–Crippen MR) is 92.8 cm³/mol. The van der Waals surface area contributed by atoms with Gasteiger partial charge in [-0.2, -0.15) is 0 Å². The maximum Gasteiger partial charge on any atom is 0.279 e. The predicted octanol–water partition coefficient (Wildman–Crippen LogP) is 2.40. The summed E-state index contributed by atoms with van der Waals surface area (Å²) in [6, 6.07) is 13.9. The first-order chi connectivity index (χ1) is 12.5. The zero-order valence-electron chi connectivity index (χ0n) is 14.2. The molecule has 2 N–H and O–H groups in total. The molecule has 2 amide bonds. The van der Waals surface area contributed by atoms with Crippen LogP contribution in [-0.4, -0.2) is 23.7 Å². The topological polar surface area (TPSA) is 84.5 Å². The fourth-order valence-electron chi connectivity index (χ4n) is 2.06. The van der Waals surface area contributed by atoms with Crippen molar-refractivity contribution in [1.82, 2.24) is 10.9 Å². The Hall–Kier alpha value is -3.22. The van der Waals surface area contributed by atoms with Crippen molar-refractivity contribution in [3.05, 3.63) is 66.0 Å². The summed E-state index contributed by atoms with van der Waals surface area (Å²) in [5, 5.41) is 0. The van der Waals surface area contributed by atoms with E-state index < -0.39 is 23.7 Å². The molecular formula is C19H19FN2O4. The number of ketones is 1. The van der Waals surface area contributed by atoms with E-state index in [1.54, 1.807) is 30.3 Å². The second kappa shape index (κ2) is 9.31. The fourth-order valence-corrected chi connectivity index (χ4v) is 2.06.